The number of benzene rings is 1. The third-order valence-corrected chi connectivity index (χ3v) is 2.23. The van der Waals surface area contributed by atoms with Crippen molar-refractivity contribution in [2.24, 2.45) is 0 Å². The van der Waals surface area contributed by atoms with Crippen molar-refractivity contribution in [2.45, 2.75) is 19.9 Å². The summed E-state index contributed by atoms with van der Waals surface area (Å²) >= 11 is 0. The summed E-state index contributed by atoms with van der Waals surface area (Å²) in [6.07, 6.45) is 0. The van der Waals surface area contributed by atoms with Crippen LogP contribution < -0.4 is 15.4 Å². The van der Waals surface area contributed by atoms with Gasteiger partial charge >= 0.3 is 0 Å². The number of nitrogens with one attached hydrogen (secondary N) is 2. The molecule has 0 heterocycles. The fraction of sp³-hybridized carbons (Fsp3) is 0.500. The maximum absolute atomic E-state index is 13.5. The third-order valence-electron chi connectivity index (χ3n) is 2.23. The molecular weight excluding hydrogens is 226 g/mol. The summed E-state index contributed by atoms with van der Waals surface area (Å²) in [5.41, 5.74) is 0.147. The lowest BCUT2D eigenvalue weighted by atomic mass is 10.2. The first-order valence-corrected chi connectivity index (χ1v) is 5.55. The molecule has 0 spiro atoms. The molecule has 17 heavy (non-hydrogen) atoms. The number of hydrogen-bond donors (Lipinski definition) is 2. The van der Waals surface area contributed by atoms with Crippen LogP contribution in [0.2, 0.25) is 0 Å². The molecule has 0 saturated carbocycles. The Hall–Kier alpha value is -1.36. The van der Waals surface area contributed by atoms with Crippen LogP contribution in [0.1, 0.15) is 13.8 Å². The highest BCUT2D eigenvalue weighted by molar-refractivity contribution is 5.48. The van der Waals surface area contributed by atoms with Crippen LogP contribution >= 0.6 is 0 Å². The highest BCUT2D eigenvalue weighted by Gasteiger charge is 2.09. The second kappa shape index (κ2) is 6.39. The Bertz CT molecular complexity index is 370. The summed E-state index contributed by atoms with van der Waals surface area (Å²) in [5.74, 6) is -1.19. The first kappa shape index (κ1) is 13.7. The van der Waals surface area contributed by atoms with Gasteiger partial charge in [0.2, 0.25) is 0 Å². The van der Waals surface area contributed by atoms with Gasteiger partial charge in [-0.3, -0.25) is 0 Å². The van der Waals surface area contributed by atoms with E-state index < -0.39 is 11.6 Å². The Balaban J connectivity index is 2.56. The molecular formula is C12H18F2N2O. The van der Waals surface area contributed by atoms with E-state index in [0.29, 0.717) is 19.1 Å². The van der Waals surface area contributed by atoms with Crippen LogP contribution in [0.5, 0.6) is 5.75 Å². The average molecular weight is 244 g/mol. The van der Waals surface area contributed by atoms with Gasteiger partial charge in [-0.2, -0.15) is 0 Å². The normalized spacial score (nSPS) is 10.7. The Morgan fingerprint density at radius 3 is 2.47 bits per heavy atom. The molecule has 0 unspecified atom stereocenters. The van der Waals surface area contributed by atoms with Gasteiger partial charge in [-0.15, -0.1) is 0 Å². The monoisotopic (exact) mass is 244 g/mol. The number of rotatable bonds is 6. The van der Waals surface area contributed by atoms with E-state index in [1.165, 1.54) is 7.11 Å². The molecule has 0 saturated heterocycles. The predicted octanol–water partition coefficient (Wildman–Crippen LogP) is 2.38. The van der Waals surface area contributed by atoms with Crippen LogP contribution in [0.25, 0.3) is 0 Å². The fourth-order valence-corrected chi connectivity index (χ4v) is 1.38. The molecule has 5 heteroatoms. The van der Waals surface area contributed by atoms with E-state index >= 15 is 0 Å². The SMILES string of the molecule is COc1cc(F)c(NCCNC(C)C)cc1F. The lowest BCUT2D eigenvalue weighted by molar-refractivity contribution is 0.383. The van der Waals surface area contributed by atoms with Crippen molar-refractivity contribution in [1.82, 2.24) is 5.32 Å². The van der Waals surface area contributed by atoms with Crippen LogP contribution in [0, 0.1) is 11.6 Å². The van der Waals surface area contributed by atoms with E-state index in [1.54, 1.807) is 0 Å². The minimum Gasteiger partial charge on any atom is -0.494 e. The maximum Gasteiger partial charge on any atom is 0.167 e. The smallest absolute Gasteiger partial charge is 0.167 e. The zero-order valence-corrected chi connectivity index (χ0v) is 10.3. The van der Waals surface area contributed by atoms with E-state index in [0.717, 1.165) is 12.1 Å². The van der Waals surface area contributed by atoms with Crippen LogP contribution in [0.3, 0.4) is 0 Å². The standard InChI is InChI=1S/C12H18F2N2O/c1-8(2)15-4-5-16-11-6-10(14)12(17-3)7-9(11)13/h6-8,15-16H,4-5H2,1-3H3. The molecule has 0 fully saturated rings. The minimum absolute atomic E-state index is 0.0895. The molecule has 1 aromatic carbocycles. The molecule has 0 aromatic heterocycles. The highest BCUT2D eigenvalue weighted by atomic mass is 19.1. The number of hydrogen-bond acceptors (Lipinski definition) is 3. The molecule has 0 amide bonds. The molecule has 96 valence electrons. The van der Waals surface area contributed by atoms with Gasteiger partial charge in [-0.25, -0.2) is 8.78 Å². The molecule has 0 aliphatic rings. The lowest BCUT2D eigenvalue weighted by Crippen LogP contribution is -2.28. The van der Waals surface area contributed by atoms with Crippen molar-refractivity contribution in [2.75, 3.05) is 25.5 Å². The van der Waals surface area contributed by atoms with Crippen molar-refractivity contribution in [3.05, 3.63) is 23.8 Å². The van der Waals surface area contributed by atoms with Gasteiger partial charge in [-0.05, 0) is 0 Å². The molecule has 0 atom stereocenters. The largest absolute Gasteiger partial charge is 0.494 e. The van der Waals surface area contributed by atoms with Gasteiger partial charge in [0.15, 0.2) is 11.6 Å². The van der Waals surface area contributed by atoms with Crippen LogP contribution in [0.4, 0.5) is 14.5 Å². The fourth-order valence-electron chi connectivity index (χ4n) is 1.38. The van der Waals surface area contributed by atoms with Crippen molar-refractivity contribution in [3.63, 3.8) is 0 Å². The Labute approximate surface area is 100 Å². The molecule has 1 aromatic rings. The highest BCUT2D eigenvalue weighted by Crippen LogP contribution is 2.24. The van der Waals surface area contributed by atoms with E-state index in [4.69, 9.17) is 0 Å². The second-order valence-electron chi connectivity index (χ2n) is 4.00. The van der Waals surface area contributed by atoms with E-state index in [2.05, 4.69) is 15.4 Å². The Morgan fingerprint density at radius 2 is 1.88 bits per heavy atom. The van der Waals surface area contributed by atoms with Crippen LogP contribution in [-0.4, -0.2) is 26.2 Å². The molecule has 0 aliphatic carbocycles. The summed E-state index contributed by atoms with van der Waals surface area (Å²) < 4.78 is 31.5. The van der Waals surface area contributed by atoms with Crippen LogP contribution in [0.15, 0.2) is 12.1 Å². The summed E-state index contributed by atoms with van der Waals surface area (Å²) in [6.45, 7) is 5.26. The molecule has 1 rings (SSSR count). The Kier molecular flexibility index (Phi) is 5.15. The number of ether oxygens (including phenoxy) is 1. The van der Waals surface area contributed by atoms with Gasteiger partial charge in [0.1, 0.15) is 5.82 Å². The van der Waals surface area contributed by atoms with Crippen molar-refractivity contribution < 1.29 is 13.5 Å². The Morgan fingerprint density at radius 1 is 1.18 bits per heavy atom. The summed E-state index contributed by atoms with van der Waals surface area (Å²) in [5, 5.41) is 6.00. The number of anilines is 1. The topological polar surface area (TPSA) is 33.3 Å². The maximum atomic E-state index is 13.5. The van der Waals surface area contributed by atoms with E-state index in [9.17, 15) is 8.78 Å². The minimum atomic E-state index is -0.576. The summed E-state index contributed by atoms with van der Waals surface area (Å²) in [4.78, 5) is 0. The van der Waals surface area contributed by atoms with E-state index in [1.807, 2.05) is 13.8 Å². The van der Waals surface area contributed by atoms with Gasteiger partial charge in [0.25, 0.3) is 0 Å². The van der Waals surface area contributed by atoms with Crippen molar-refractivity contribution in [3.8, 4) is 5.75 Å². The van der Waals surface area contributed by atoms with Crippen molar-refractivity contribution >= 4 is 5.69 Å². The van der Waals surface area contributed by atoms with E-state index in [-0.39, 0.29) is 11.4 Å². The predicted molar refractivity (Wildman–Crippen MR) is 64.5 cm³/mol. The molecule has 0 bridgehead atoms. The summed E-state index contributed by atoms with van der Waals surface area (Å²) in [6, 6.07) is 2.51. The number of halogens is 2. The summed E-state index contributed by atoms with van der Waals surface area (Å²) in [7, 11) is 1.30. The van der Waals surface area contributed by atoms with Crippen molar-refractivity contribution in [1.29, 1.82) is 0 Å². The molecule has 2 N–H and O–H groups in total. The molecule has 0 radical (unpaired) electrons. The van der Waals surface area contributed by atoms with Gasteiger partial charge in [0, 0.05) is 31.3 Å². The second-order valence-corrected chi connectivity index (χ2v) is 4.00. The third kappa shape index (κ3) is 4.19. The van der Waals surface area contributed by atoms with Crippen LogP contribution in [-0.2, 0) is 0 Å². The van der Waals surface area contributed by atoms with Gasteiger partial charge in [0.05, 0.1) is 12.8 Å². The molecule has 3 nitrogen and oxygen atoms in total. The molecule has 0 aliphatic heterocycles. The first-order valence-electron chi connectivity index (χ1n) is 5.55. The zero-order chi connectivity index (χ0) is 12.8. The quantitative estimate of drug-likeness (QED) is 0.754. The van der Waals surface area contributed by atoms with Gasteiger partial charge in [-0.1, -0.05) is 13.8 Å². The first-order chi connectivity index (χ1) is 8.04. The zero-order valence-electron chi connectivity index (χ0n) is 10.3. The average Bonchev–Trinajstić information content (AvgIpc) is 2.28. The van der Waals surface area contributed by atoms with Gasteiger partial charge < -0.3 is 15.4 Å². The lowest BCUT2D eigenvalue weighted by Gasteiger charge is -2.11. The number of methoxy groups -OCH3 is 1.